The average Bonchev–Trinajstić information content (AvgIpc) is 2.51. The first-order chi connectivity index (χ1) is 6.93. The van der Waals surface area contributed by atoms with Crippen LogP contribution in [0.1, 0.15) is 33.5 Å². The van der Waals surface area contributed by atoms with E-state index in [4.69, 9.17) is 0 Å². The zero-order valence-electron chi connectivity index (χ0n) is 10.5. The average molecular weight is 209 g/mol. The summed E-state index contributed by atoms with van der Waals surface area (Å²) < 4.78 is 2.05. The minimum atomic E-state index is 0.338. The lowest BCUT2D eigenvalue weighted by Crippen LogP contribution is -2.33. The second-order valence-electron chi connectivity index (χ2n) is 5.20. The molecule has 0 amide bonds. The summed E-state index contributed by atoms with van der Waals surface area (Å²) in [5.74, 6) is 1.78. The van der Waals surface area contributed by atoms with Crippen LogP contribution in [0.4, 0.5) is 0 Å². The molecule has 3 nitrogen and oxygen atoms in total. The molecule has 0 aromatic carbocycles. The van der Waals surface area contributed by atoms with Gasteiger partial charge in [0.15, 0.2) is 0 Å². The van der Waals surface area contributed by atoms with E-state index in [1.807, 2.05) is 19.4 Å². The van der Waals surface area contributed by atoms with E-state index in [1.165, 1.54) is 0 Å². The molecule has 0 atom stereocenters. The van der Waals surface area contributed by atoms with Crippen LogP contribution in [0.25, 0.3) is 0 Å². The number of nitrogens with zero attached hydrogens (tertiary/aromatic N) is 2. The Morgan fingerprint density at radius 3 is 2.60 bits per heavy atom. The first-order valence-electron chi connectivity index (χ1n) is 5.60. The lowest BCUT2D eigenvalue weighted by Gasteiger charge is -2.29. The van der Waals surface area contributed by atoms with Crippen molar-refractivity contribution in [1.82, 2.24) is 14.9 Å². The maximum Gasteiger partial charge on any atom is 0.122 e. The van der Waals surface area contributed by atoms with Crippen LogP contribution in [-0.4, -0.2) is 16.1 Å². The van der Waals surface area contributed by atoms with Crippen LogP contribution in [0.15, 0.2) is 12.4 Å². The van der Waals surface area contributed by atoms with Gasteiger partial charge in [-0.3, -0.25) is 0 Å². The molecule has 0 bridgehead atoms. The maximum absolute atomic E-state index is 4.28. The molecule has 0 aliphatic rings. The van der Waals surface area contributed by atoms with Crippen LogP contribution in [-0.2, 0) is 13.6 Å². The largest absolute Gasteiger partial charge is 0.337 e. The van der Waals surface area contributed by atoms with Gasteiger partial charge in [-0.25, -0.2) is 4.98 Å². The number of hydrogen-bond acceptors (Lipinski definition) is 2. The Bertz CT molecular complexity index is 300. The summed E-state index contributed by atoms with van der Waals surface area (Å²) in [6.45, 7) is 11.0. The SMILES string of the molecule is CC(C)C(C)(C)CNCc1nccn1C. The lowest BCUT2D eigenvalue weighted by atomic mass is 9.81. The summed E-state index contributed by atoms with van der Waals surface area (Å²) in [7, 11) is 2.03. The minimum Gasteiger partial charge on any atom is -0.337 e. The van der Waals surface area contributed by atoms with Crippen molar-refractivity contribution >= 4 is 0 Å². The normalized spacial score (nSPS) is 12.4. The molecular formula is C12H23N3. The Morgan fingerprint density at radius 1 is 1.47 bits per heavy atom. The zero-order chi connectivity index (χ0) is 11.5. The molecular weight excluding hydrogens is 186 g/mol. The van der Waals surface area contributed by atoms with Gasteiger partial charge in [0.2, 0.25) is 0 Å². The molecule has 15 heavy (non-hydrogen) atoms. The van der Waals surface area contributed by atoms with Crippen LogP contribution >= 0.6 is 0 Å². The Hall–Kier alpha value is -0.830. The molecule has 86 valence electrons. The lowest BCUT2D eigenvalue weighted by molar-refractivity contribution is 0.237. The van der Waals surface area contributed by atoms with Crippen molar-refractivity contribution in [3.8, 4) is 0 Å². The van der Waals surface area contributed by atoms with Crippen LogP contribution in [0, 0.1) is 11.3 Å². The highest BCUT2D eigenvalue weighted by molar-refractivity contribution is 4.90. The van der Waals surface area contributed by atoms with Gasteiger partial charge in [0, 0.05) is 26.0 Å². The highest BCUT2D eigenvalue weighted by Gasteiger charge is 2.21. The number of aryl methyl sites for hydroxylation is 1. The second-order valence-corrected chi connectivity index (χ2v) is 5.20. The quantitative estimate of drug-likeness (QED) is 0.805. The smallest absolute Gasteiger partial charge is 0.122 e. The van der Waals surface area contributed by atoms with Crippen molar-refractivity contribution in [3.05, 3.63) is 18.2 Å². The summed E-state index contributed by atoms with van der Waals surface area (Å²) in [5.41, 5.74) is 0.338. The molecule has 0 fully saturated rings. The second kappa shape index (κ2) is 4.79. The Balaban J connectivity index is 2.37. The molecule has 0 aliphatic heterocycles. The van der Waals surface area contributed by atoms with Crippen LogP contribution < -0.4 is 5.32 Å². The predicted octanol–water partition coefficient (Wildman–Crippen LogP) is 2.19. The maximum atomic E-state index is 4.28. The van der Waals surface area contributed by atoms with Gasteiger partial charge in [0.05, 0.1) is 6.54 Å². The van der Waals surface area contributed by atoms with Crippen LogP contribution in [0.2, 0.25) is 0 Å². The fourth-order valence-corrected chi connectivity index (χ4v) is 1.27. The summed E-state index contributed by atoms with van der Waals surface area (Å²) >= 11 is 0. The van der Waals surface area contributed by atoms with Crippen LogP contribution in [0.3, 0.4) is 0 Å². The summed E-state index contributed by atoms with van der Waals surface area (Å²) in [6.07, 6.45) is 3.81. The van der Waals surface area contributed by atoms with Crippen molar-refractivity contribution in [2.45, 2.75) is 34.2 Å². The molecule has 1 heterocycles. The molecule has 0 spiro atoms. The van der Waals surface area contributed by atoms with Crippen molar-refractivity contribution in [3.63, 3.8) is 0 Å². The number of nitrogens with one attached hydrogen (secondary N) is 1. The van der Waals surface area contributed by atoms with Gasteiger partial charge in [-0.05, 0) is 11.3 Å². The van der Waals surface area contributed by atoms with E-state index in [0.717, 1.165) is 18.9 Å². The highest BCUT2D eigenvalue weighted by atomic mass is 15.1. The third kappa shape index (κ3) is 3.34. The van der Waals surface area contributed by atoms with Gasteiger partial charge in [-0.2, -0.15) is 0 Å². The topological polar surface area (TPSA) is 29.9 Å². The van der Waals surface area contributed by atoms with Gasteiger partial charge in [0.1, 0.15) is 5.82 Å². The van der Waals surface area contributed by atoms with E-state index in [1.54, 1.807) is 0 Å². The molecule has 0 radical (unpaired) electrons. The van der Waals surface area contributed by atoms with Gasteiger partial charge in [-0.1, -0.05) is 27.7 Å². The van der Waals surface area contributed by atoms with E-state index in [0.29, 0.717) is 11.3 Å². The molecule has 1 rings (SSSR count). The first kappa shape index (κ1) is 12.2. The first-order valence-corrected chi connectivity index (χ1v) is 5.60. The van der Waals surface area contributed by atoms with E-state index in [9.17, 15) is 0 Å². The van der Waals surface area contributed by atoms with Crippen molar-refractivity contribution in [2.75, 3.05) is 6.54 Å². The molecule has 0 saturated carbocycles. The zero-order valence-corrected chi connectivity index (χ0v) is 10.5. The van der Waals surface area contributed by atoms with Gasteiger partial charge in [0.25, 0.3) is 0 Å². The molecule has 0 aliphatic carbocycles. The molecule has 1 N–H and O–H groups in total. The standard InChI is InChI=1S/C12H23N3/c1-10(2)12(3,4)9-13-8-11-14-6-7-15(11)5/h6-7,10,13H,8-9H2,1-5H3. The third-order valence-electron chi connectivity index (χ3n) is 3.35. The Morgan fingerprint density at radius 2 is 2.13 bits per heavy atom. The number of hydrogen-bond donors (Lipinski definition) is 1. The monoisotopic (exact) mass is 209 g/mol. The van der Waals surface area contributed by atoms with Gasteiger partial charge >= 0.3 is 0 Å². The number of imidazole rings is 1. The van der Waals surface area contributed by atoms with Crippen molar-refractivity contribution in [1.29, 1.82) is 0 Å². The fraction of sp³-hybridized carbons (Fsp3) is 0.750. The van der Waals surface area contributed by atoms with E-state index >= 15 is 0 Å². The highest BCUT2D eigenvalue weighted by Crippen LogP contribution is 2.24. The Labute approximate surface area is 92.9 Å². The van der Waals surface area contributed by atoms with Gasteiger partial charge < -0.3 is 9.88 Å². The third-order valence-corrected chi connectivity index (χ3v) is 3.35. The molecule has 1 aromatic heterocycles. The minimum absolute atomic E-state index is 0.338. The summed E-state index contributed by atoms with van der Waals surface area (Å²) in [4.78, 5) is 4.28. The van der Waals surface area contributed by atoms with Crippen molar-refractivity contribution < 1.29 is 0 Å². The van der Waals surface area contributed by atoms with E-state index < -0.39 is 0 Å². The molecule has 0 saturated heterocycles. The fourth-order valence-electron chi connectivity index (χ4n) is 1.27. The predicted molar refractivity (Wildman–Crippen MR) is 63.5 cm³/mol. The van der Waals surface area contributed by atoms with E-state index in [2.05, 4.69) is 42.6 Å². The van der Waals surface area contributed by atoms with Crippen molar-refractivity contribution in [2.24, 2.45) is 18.4 Å². The Kier molecular flexibility index (Phi) is 3.91. The van der Waals surface area contributed by atoms with E-state index in [-0.39, 0.29) is 0 Å². The molecule has 0 unspecified atom stereocenters. The van der Waals surface area contributed by atoms with Gasteiger partial charge in [-0.15, -0.1) is 0 Å². The number of aromatic nitrogens is 2. The molecule has 3 heteroatoms. The summed E-state index contributed by atoms with van der Waals surface area (Å²) in [6, 6.07) is 0. The number of rotatable bonds is 5. The summed E-state index contributed by atoms with van der Waals surface area (Å²) in [5, 5.41) is 3.47. The van der Waals surface area contributed by atoms with Crippen LogP contribution in [0.5, 0.6) is 0 Å². The molecule has 1 aromatic rings.